The van der Waals surface area contributed by atoms with E-state index in [2.05, 4.69) is 41.0 Å². The van der Waals surface area contributed by atoms with E-state index < -0.39 is 0 Å². The van der Waals surface area contributed by atoms with Gasteiger partial charge < -0.3 is 19.7 Å². The van der Waals surface area contributed by atoms with Gasteiger partial charge in [-0.2, -0.15) is 4.98 Å². The first kappa shape index (κ1) is 17.7. The maximum atomic E-state index is 5.60. The van der Waals surface area contributed by atoms with Crippen molar-refractivity contribution in [2.24, 2.45) is 0 Å². The van der Waals surface area contributed by atoms with Crippen LogP contribution in [0.15, 0.2) is 6.07 Å². The van der Waals surface area contributed by atoms with E-state index >= 15 is 0 Å². The molecule has 0 fully saturated rings. The molecule has 1 heterocycles. The monoisotopic (exact) mass is 296 g/mol. The Morgan fingerprint density at radius 2 is 1.95 bits per heavy atom. The summed E-state index contributed by atoms with van der Waals surface area (Å²) < 4.78 is 10.7. The quantitative estimate of drug-likeness (QED) is 0.675. The van der Waals surface area contributed by atoms with Crippen LogP contribution in [-0.4, -0.2) is 54.8 Å². The van der Waals surface area contributed by atoms with Crippen molar-refractivity contribution in [2.45, 2.75) is 33.8 Å². The van der Waals surface area contributed by atoms with Crippen LogP contribution in [0.1, 0.15) is 33.0 Å². The number of anilines is 1. The summed E-state index contributed by atoms with van der Waals surface area (Å²) in [6, 6.07) is 1.84. The van der Waals surface area contributed by atoms with Crippen LogP contribution in [0.3, 0.4) is 0 Å². The van der Waals surface area contributed by atoms with E-state index in [1.807, 2.05) is 6.07 Å². The zero-order valence-electron chi connectivity index (χ0n) is 13.7. The number of hydrogen-bond donors (Lipinski definition) is 1. The number of likely N-dealkylation sites (N-methyl/N-ethyl adjacent to an activating group) is 1. The van der Waals surface area contributed by atoms with Crippen LogP contribution in [0.25, 0.3) is 0 Å². The molecule has 1 N–H and O–H groups in total. The van der Waals surface area contributed by atoms with Gasteiger partial charge >= 0.3 is 0 Å². The van der Waals surface area contributed by atoms with E-state index in [4.69, 9.17) is 9.47 Å². The normalized spacial score (nSPS) is 10.9. The average molecular weight is 296 g/mol. The Hall–Kier alpha value is -1.40. The molecule has 0 atom stereocenters. The van der Waals surface area contributed by atoms with Crippen molar-refractivity contribution in [3.8, 4) is 5.88 Å². The predicted octanol–water partition coefficient (Wildman–Crippen LogP) is 2.17. The molecule has 0 aliphatic heterocycles. The number of rotatable bonds is 11. The Morgan fingerprint density at radius 3 is 2.57 bits per heavy atom. The summed E-state index contributed by atoms with van der Waals surface area (Å²) in [4.78, 5) is 11.1. The molecular formula is C15H28N4O2. The molecule has 0 spiro atoms. The summed E-state index contributed by atoms with van der Waals surface area (Å²) >= 11 is 0. The van der Waals surface area contributed by atoms with Crippen molar-refractivity contribution in [3.05, 3.63) is 11.9 Å². The summed E-state index contributed by atoms with van der Waals surface area (Å²) in [5.41, 5.74) is 0. The molecule has 0 unspecified atom stereocenters. The minimum absolute atomic E-state index is 0.383. The van der Waals surface area contributed by atoms with Crippen LogP contribution in [0.2, 0.25) is 0 Å². The van der Waals surface area contributed by atoms with Gasteiger partial charge in [-0.1, -0.05) is 20.8 Å². The summed E-state index contributed by atoms with van der Waals surface area (Å²) in [7, 11) is 1.64. The van der Waals surface area contributed by atoms with Crippen molar-refractivity contribution in [1.82, 2.24) is 14.9 Å². The van der Waals surface area contributed by atoms with Gasteiger partial charge in [0.15, 0.2) is 5.82 Å². The topological polar surface area (TPSA) is 59.5 Å². The van der Waals surface area contributed by atoms with Gasteiger partial charge in [0.05, 0.1) is 6.61 Å². The average Bonchev–Trinajstić information content (AvgIpc) is 2.50. The van der Waals surface area contributed by atoms with Crippen molar-refractivity contribution in [1.29, 1.82) is 0 Å². The highest BCUT2D eigenvalue weighted by Crippen LogP contribution is 2.14. The van der Waals surface area contributed by atoms with E-state index in [1.165, 1.54) is 0 Å². The molecule has 6 heteroatoms. The molecule has 6 nitrogen and oxygen atoms in total. The predicted molar refractivity (Wildman–Crippen MR) is 84.8 cm³/mol. The fourth-order valence-corrected chi connectivity index (χ4v) is 1.92. The lowest BCUT2D eigenvalue weighted by Crippen LogP contribution is -2.28. The molecule has 0 amide bonds. The van der Waals surface area contributed by atoms with Crippen LogP contribution in [-0.2, 0) is 11.3 Å². The number of nitrogens with zero attached hydrogens (tertiary/aromatic N) is 3. The summed E-state index contributed by atoms with van der Waals surface area (Å²) in [5.74, 6) is 2.02. The van der Waals surface area contributed by atoms with Gasteiger partial charge in [-0.15, -0.1) is 0 Å². The lowest BCUT2D eigenvalue weighted by Gasteiger charge is -2.18. The third-order valence-electron chi connectivity index (χ3n) is 3.11. The first-order chi connectivity index (χ1) is 10.2. The number of aromatic nitrogens is 2. The van der Waals surface area contributed by atoms with E-state index in [0.29, 0.717) is 24.9 Å². The van der Waals surface area contributed by atoms with E-state index in [9.17, 15) is 0 Å². The molecule has 0 bridgehead atoms. The SMILES string of the molecule is CCCOc1cc(NCCN(CC)CC)nc(COC)n1. The number of ether oxygens (including phenoxy) is 2. The van der Waals surface area contributed by atoms with Gasteiger partial charge in [-0.05, 0) is 19.5 Å². The standard InChI is InChI=1S/C15H28N4O2/c1-5-10-21-15-11-13(17-14(18-15)12-20-4)16-8-9-19(6-2)7-3/h11H,5-10,12H2,1-4H3,(H,16,17,18). The maximum absolute atomic E-state index is 5.60. The van der Waals surface area contributed by atoms with Gasteiger partial charge in [0.2, 0.25) is 5.88 Å². The molecule has 0 saturated heterocycles. The van der Waals surface area contributed by atoms with Gasteiger partial charge in [0.1, 0.15) is 12.4 Å². The third-order valence-corrected chi connectivity index (χ3v) is 3.11. The number of hydrogen-bond acceptors (Lipinski definition) is 6. The minimum atomic E-state index is 0.383. The van der Waals surface area contributed by atoms with Crippen molar-refractivity contribution in [3.63, 3.8) is 0 Å². The highest BCUT2D eigenvalue weighted by molar-refractivity contribution is 5.38. The Bertz CT molecular complexity index is 397. The van der Waals surface area contributed by atoms with Crippen LogP contribution in [0.4, 0.5) is 5.82 Å². The molecule has 120 valence electrons. The summed E-state index contributed by atoms with van der Waals surface area (Å²) in [6.07, 6.45) is 0.953. The molecule has 0 aromatic carbocycles. The Balaban J connectivity index is 2.63. The van der Waals surface area contributed by atoms with Gasteiger partial charge in [0.25, 0.3) is 0 Å². The van der Waals surface area contributed by atoms with Crippen LogP contribution in [0.5, 0.6) is 5.88 Å². The molecule has 21 heavy (non-hydrogen) atoms. The van der Waals surface area contributed by atoms with Gasteiger partial charge in [-0.3, -0.25) is 0 Å². The smallest absolute Gasteiger partial charge is 0.218 e. The first-order valence-corrected chi connectivity index (χ1v) is 7.69. The van der Waals surface area contributed by atoms with Gasteiger partial charge in [0, 0.05) is 26.3 Å². The second-order valence-electron chi connectivity index (χ2n) is 4.74. The number of methoxy groups -OCH3 is 1. The van der Waals surface area contributed by atoms with Gasteiger partial charge in [-0.25, -0.2) is 4.98 Å². The van der Waals surface area contributed by atoms with E-state index in [-0.39, 0.29) is 0 Å². The molecule has 1 aromatic rings. The maximum Gasteiger partial charge on any atom is 0.218 e. The van der Waals surface area contributed by atoms with E-state index in [1.54, 1.807) is 7.11 Å². The van der Waals surface area contributed by atoms with E-state index in [0.717, 1.165) is 38.4 Å². The van der Waals surface area contributed by atoms with Crippen molar-refractivity contribution in [2.75, 3.05) is 45.2 Å². The fourth-order valence-electron chi connectivity index (χ4n) is 1.92. The van der Waals surface area contributed by atoms with Crippen molar-refractivity contribution >= 4 is 5.82 Å². The number of nitrogens with one attached hydrogen (secondary N) is 1. The largest absolute Gasteiger partial charge is 0.478 e. The van der Waals surface area contributed by atoms with Crippen LogP contribution >= 0.6 is 0 Å². The Morgan fingerprint density at radius 1 is 1.19 bits per heavy atom. The summed E-state index contributed by atoms with van der Waals surface area (Å²) in [5, 5.41) is 3.33. The highest BCUT2D eigenvalue weighted by Gasteiger charge is 2.06. The lowest BCUT2D eigenvalue weighted by atomic mass is 10.4. The second kappa shape index (κ2) is 10.3. The van der Waals surface area contributed by atoms with Crippen LogP contribution < -0.4 is 10.1 Å². The highest BCUT2D eigenvalue weighted by atomic mass is 16.5. The molecular weight excluding hydrogens is 268 g/mol. The third kappa shape index (κ3) is 6.73. The fraction of sp³-hybridized carbons (Fsp3) is 0.733. The molecule has 0 saturated carbocycles. The molecule has 0 radical (unpaired) electrons. The van der Waals surface area contributed by atoms with Crippen LogP contribution in [0, 0.1) is 0 Å². The zero-order valence-corrected chi connectivity index (χ0v) is 13.7. The Labute approximate surface area is 127 Å². The minimum Gasteiger partial charge on any atom is -0.478 e. The first-order valence-electron chi connectivity index (χ1n) is 7.69. The molecule has 0 aliphatic carbocycles. The summed E-state index contributed by atoms with van der Waals surface area (Å²) in [6.45, 7) is 11.4. The zero-order chi connectivity index (χ0) is 15.5. The Kier molecular flexibility index (Phi) is 8.69. The van der Waals surface area contributed by atoms with Crippen molar-refractivity contribution < 1.29 is 9.47 Å². The molecule has 1 rings (SSSR count). The molecule has 1 aromatic heterocycles. The second-order valence-corrected chi connectivity index (χ2v) is 4.74. The molecule has 0 aliphatic rings. The lowest BCUT2D eigenvalue weighted by molar-refractivity contribution is 0.176.